The second kappa shape index (κ2) is 10.4. The number of guanidine groups is 1. The third-order valence-corrected chi connectivity index (χ3v) is 6.25. The van der Waals surface area contributed by atoms with Gasteiger partial charge in [-0.25, -0.2) is 12.7 Å². The lowest BCUT2D eigenvalue weighted by atomic mass is 10.2. The minimum absolute atomic E-state index is 0.263. The van der Waals surface area contributed by atoms with E-state index in [1.807, 2.05) is 0 Å². The van der Waals surface area contributed by atoms with Crippen LogP contribution < -0.4 is 10.6 Å². The average Bonchev–Trinajstić information content (AvgIpc) is 2.62. The normalized spacial score (nSPS) is 15.7. The highest BCUT2D eigenvalue weighted by Gasteiger charge is 2.22. The number of aromatic nitrogens is 1. The molecule has 0 spiro atoms. The van der Waals surface area contributed by atoms with E-state index in [1.54, 1.807) is 28.8 Å². The number of pyridine rings is 1. The van der Waals surface area contributed by atoms with Gasteiger partial charge in [0.15, 0.2) is 5.96 Å². The summed E-state index contributed by atoms with van der Waals surface area (Å²) < 4.78 is 26.1. The molecule has 0 aliphatic carbocycles. The topological polar surface area (TPSA) is 98.2 Å². The number of hydrogen-bond acceptors (Lipinski definition) is 4. The van der Waals surface area contributed by atoms with E-state index in [0.29, 0.717) is 26.1 Å². The lowest BCUT2D eigenvalue weighted by Gasteiger charge is -2.25. The smallest absolute Gasteiger partial charge is 0.214 e. The Hall–Kier alpha value is -1.67. The lowest BCUT2D eigenvalue weighted by molar-refractivity contribution is 0.346. The van der Waals surface area contributed by atoms with Crippen LogP contribution in [-0.4, -0.2) is 49.1 Å². The summed E-state index contributed by atoms with van der Waals surface area (Å²) in [4.78, 5) is 3.93. The van der Waals surface area contributed by atoms with Crippen LogP contribution in [-0.2, 0) is 10.0 Å². The summed E-state index contributed by atoms with van der Waals surface area (Å²) in [5, 5.41) is 13.8. The van der Waals surface area contributed by atoms with Gasteiger partial charge in [0.1, 0.15) is 0 Å². The van der Waals surface area contributed by atoms with Crippen molar-refractivity contribution in [1.82, 2.24) is 14.6 Å². The van der Waals surface area contributed by atoms with Crippen LogP contribution in [0.25, 0.3) is 0 Å². The Balaban J connectivity index is 1.51. The molecule has 2 rings (SSSR count). The molecule has 7 nitrogen and oxygen atoms in total. The average molecular weight is 368 g/mol. The predicted molar refractivity (Wildman–Crippen MR) is 101 cm³/mol. The van der Waals surface area contributed by atoms with E-state index < -0.39 is 10.0 Å². The SMILES string of the molecule is N=C(NCCCCCCS(=O)(=O)N1CCCCC1)Nc1ccncc1. The van der Waals surface area contributed by atoms with E-state index in [4.69, 9.17) is 5.41 Å². The molecule has 0 bridgehead atoms. The molecule has 0 amide bonds. The predicted octanol–water partition coefficient (Wildman–Crippen LogP) is 2.39. The van der Waals surface area contributed by atoms with Gasteiger partial charge in [0, 0.05) is 37.7 Å². The van der Waals surface area contributed by atoms with E-state index in [9.17, 15) is 8.42 Å². The molecule has 140 valence electrons. The van der Waals surface area contributed by atoms with Crippen molar-refractivity contribution in [3.05, 3.63) is 24.5 Å². The molecule has 0 unspecified atom stereocenters. The Morgan fingerprint density at radius 2 is 1.76 bits per heavy atom. The Morgan fingerprint density at radius 1 is 1.08 bits per heavy atom. The molecule has 0 saturated carbocycles. The van der Waals surface area contributed by atoms with Crippen LogP contribution in [0.5, 0.6) is 0 Å². The molecule has 1 aliphatic rings. The summed E-state index contributed by atoms with van der Waals surface area (Å²) in [7, 11) is -3.06. The van der Waals surface area contributed by atoms with Crippen molar-refractivity contribution in [1.29, 1.82) is 5.41 Å². The Kier molecular flexibility index (Phi) is 8.14. The van der Waals surface area contributed by atoms with Crippen molar-refractivity contribution in [3.63, 3.8) is 0 Å². The first-order valence-corrected chi connectivity index (χ1v) is 10.7. The number of hydrogen-bond donors (Lipinski definition) is 3. The number of nitrogens with one attached hydrogen (secondary N) is 3. The van der Waals surface area contributed by atoms with Crippen LogP contribution in [0.3, 0.4) is 0 Å². The van der Waals surface area contributed by atoms with E-state index in [2.05, 4.69) is 15.6 Å². The highest BCUT2D eigenvalue weighted by atomic mass is 32.2. The van der Waals surface area contributed by atoms with Gasteiger partial charge in [-0.1, -0.05) is 19.3 Å². The zero-order chi connectivity index (χ0) is 18.0. The van der Waals surface area contributed by atoms with E-state index in [0.717, 1.165) is 44.2 Å². The van der Waals surface area contributed by atoms with Crippen molar-refractivity contribution in [2.45, 2.75) is 44.9 Å². The fraction of sp³-hybridized carbons (Fsp3) is 0.647. The van der Waals surface area contributed by atoms with Crippen LogP contribution in [0.15, 0.2) is 24.5 Å². The Labute approximate surface area is 150 Å². The van der Waals surface area contributed by atoms with E-state index in [-0.39, 0.29) is 11.7 Å². The van der Waals surface area contributed by atoms with Crippen molar-refractivity contribution in [2.24, 2.45) is 0 Å². The molecule has 8 heteroatoms. The molecule has 0 atom stereocenters. The van der Waals surface area contributed by atoms with Gasteiger partial charge in [0.05, 0.1) is 5.75 Å². The summed E-state index contributed by atoms with van der Waals surface area (Å²) in [5.41, 5.74) is 0.829. The van der Waals surface area contributed by atoms with Gasteiger partial charge in [0.2, 0.25) is 10.0 Å². The molecule has 3 N–H and O–H groups in total. The van der Waals surface area contributed by atoms with E-state index in [1.165, 1.54) is 0 Å². The first kappa shape index (κ1) is 19.7. The van der Waals surface area contributed by atoms with Crippen LogP contribution >= 0.6 is 0 Å². The number of nitrogens with zero attached hydrogens (tertiary/aromatic N) is 2. The number of rotatable bonds is 9. The minimum Gasteiger partial charge on any atom is -0.356 e. The fourth-order valence-electron chi connectivity index (χ4n) is 2.87. The van der Waals surface area contributed by atoms with Crippen molar-refractivity contribution < 1.29 is 8.42 Å². The maximum absolute atomic E-state index is 12.2. The first-order chi connectivity index (χ1) is 12.1. The second-order valence-electron chi connectivity index (χ2n) is 6.35. The number of unbranched alkanes of at least 4 members (excludes halogenated alkanes) is 3. The molecular formula is C17H29N5O2S. The minimum atomic E-state index is -3.06. The third-order valence-electron chi connectivity index (χ3n) is 4.29. The van der Waals surface area contributed by atoms with Gasteiger partial charge in [-0.05, 0) is 37.8 Å². The quantitative estimate of drug-likeness (QED) is 0.354. The van der Waals surface area contributed by atoms with Gasteiger partial charge in [0.25, 0.3) is 0 Å². The summed E-state index contributed by atoms with van der Waals surface area (Å²) in [5.74, 6) is 0.527. The molecule has 1 aliphatic heterocycles. The standard InChI is InChI=1S/C17H29N5O2S/c18-17(21-16-8-11-19-12-9-16)20-10-4-1-2-7-15-25(23,24)22-13-5-3-6-14-22/h8-9,11-12H,1-7,10,13-15H2,(H3,18,19,20,21). The van der Waals surface area contributed by atoms with Crippen LogP contribution in [0.2, 0.25) is 0 Å². The van der Waals surface area contributed by atoms with Crippen molar-refractivity contribution >= 4 is 21.7 Å². The molecule has 1 fully saturated rings. The zero-order valence-electron chi connectivity index (χ0n) is 14.7. The lowest BCUT2D eigenvalue weighted by Crippen LogP contribution is -2.37. The molecular weight excluding hydrogens is 338 g/mol. The summed E-state index contributed by atoms with van der Waals surface area (Å²) >= 11 is 0. The largest absolute Gasteiger partial charge is 0.356 e. The van der Waals surface area contributed by atoms with Crippen LogP contribution in [0.4, 0.5) is 5.69 Å². The Bertz CT molecular complexity index is 615. The molecule has 1 aromatic heterocycles. The van der Waals surface area contributed by atoms with Crippen molar-refractivity contribution in [2.75, 3.05) is 30.7 Å². The molecule has 1 aromatic rings. The van der Waals surface area contributed by atoms with Crippen LogP contribution in [0.1, 0.15) is 44.9 Å². The summed E-state index contributed by atoms with van der Waals surface area (Å²) in [6, 6.07) is 3.61. The maximum Gasteiger partial charge on any atom is 0.214 e. The van der Waals surface area contributed by atoms with E-state index >= 15 is 0 Å². The van der Waals surface area contributed by atoms with Crippen LogP contribution in [0, 0.1) is 5.41 Å². The fourth-order valence-corrected chi connectivity index (χ4v) is 4.51. The van der Waals surface area contributed by atoms with Gasteiger partial charge in [-0.3, -0.25) is 10.4 Å². The van der Waals surface area contributed by atoms with Gasteiger partial charge < -0.3 is 10.6 Å². The van der Waals surface area contributed by atoms with Gasteiger partial charge in [-0.15, -0.1) is 0 Å². The molecule has 0 aromatic carbocycles. The molecule has 1 saturated heterocycles. The zero-order valence-corrected chi connectivity index (χ0v) is 15.5. The summed E-state index contributed by atoms with van der Waals surface area (Å²) in [6.45, 7) is 2.09. The number of piperidine rings is 1. The number of sulfonamides is 1. The molecule has 0 radical (unpaired) electrons. The van der Waals surface area contributed by atoms with Gasteiger partial charge >= 0.3 is 0 Å². The van der Waals surface area contributed by atoms with Crippen molar-refractivity contribution in [3.8, 4) is 0 Å². The monoisotopic (exact) mass is 367 g/mol. The third kappa shape index (κ3) is 7.39. The Morgan fingerprint density at radius 3 is 2.48 bits per heavy atom. The molecule has 25 heavy (non-hydrogen) atoms. The molecule has 2 heterocycles. The highest BCUT2D eigenvalue weighted by molar-refractivity contribution is 7.89. The number of anilines is 1. The second-order valence-corrected chi connectivity index (χ2v) is 8.44. The maximum atomic E-state index is 12.2. The first-order valence-electron chi connectivity index (χ1n) is 9.05. The van der Waals surface area contributed by atoms with Gasteiger partial charge in [-0.2, -0.15) is 0 Å². The summed E-state index contributed by atoms with van der Waals surface area (Å²) in [6.07, 6.45) is 9.97. The highest BCUT2D eigenvalue weighted by Crippen LogP contribution is 2.15.